The van der Waals surface area contributed by atoms with Gasteiger partial charge in [0.05, 0.1) is 10.6 Å². The Morgan fingerprint density at radius 2 is 1.71 bits per heavy atom. The second-order valence-electron chi connectivity index (χ2n) is 5.09. The summed E-state index contributed by atoms with van der Waals surface area (Å²) in [6.45, 7) is 1.77. The summed E-state index contributed by atoms with van der Waals surface area (Å²) in [6.07, 6.45) is 0.577. The van der Waals surface area contributed by atoms with Crippen molar-refractivity contribution < 1.29 is 17.2 Å². The maximum absolute atomic E-state index is 13.3. The minimum atomic E-state index is -3.99. The zero-order valence-electron chi connectivity index (χ0n) is 11.3. The van der Waals surface area contributed by atoms with E-state index in [1.807, 2.05) is 12.1 Å². The first-order valence-electron chi connectivity index (χ1n) is 6.48. The Balaban J connectivity index is 2.14. The topological polar surface area (TPSA) is 37.4 Å². The van der Waals surface area contributed by atoms with Crippen LogP contribution in [0.15, 0.2) is 47.4 Å². The highest BCUT2D eigenvalue weighted by atomic mass is 32.2. The number of anilines is 1. The van der Waals surface area contributed by atoms with Crippen LogP contribution in [0.2, 0.25) is 0 Å². The molecule has 2 aromatic carbocycles. The van der Waals surface area contributed by atoms with Gasteiger partial charge in [-0.1, -0.05) is 18.2 Å². The predicted molar refractivity (Wildman–Crippen MR) is 75.6 cm³/mol. The summed E-state index contributed by atoms with van der Waals surface area (Å²) in [5.41, 5.74) is 1.47. The summed E-state index contributed by atoms with van der Waals surface area (Å²) in [5.74, 6) is -1.82. The Kier molecular flexibility index (Phi) is 3.20. The molecule has 0 radical (unpaired) electrons. The molecule has 2 aromatic rings. The van der Waals surface area contributed by atoms with Gasteiger partial charge in [-0.25, -0.2) is 17.2 Å². The molecule has 0 aromatic heterocycles. The van der Waals surface area contributed by atoms with Gasteiger partial charge in [0.2, 0.25) is 0 Å². The van der Waals surface area contributed by atoms with Crippen molar-refractivity contribution in [3.63, 3.8) is 0 Å². The standard InChI is InChI=1S/C15H13F2NO2S/c1-10-6-11-4-2-3-5-15(11)18(10)21(19,20)14-8-12(16)7-13(17)9-14/h2-5,7-10H,6H2,1H3. The summed E-state index contributed by atoms with van der Waals surface area (Å²) < 4.78 is 53.3. The molecule has 1 unspecified atom stereocenters. The van der Waals surface area contributed by atoms with Crippen molar-refractivity contribution in [1.82, 2.24) is 0 Å². The highest BCUT2D eigenvalue weighted by Crippen LogP contribution is 2.36. The number of rotatable bonds is 2. The van der Waals surface area contributed by atoms with E-state index in [1.54, 1.807) is 19.1 Å². The Bertz CT molecular complexity index is 785. The normalized spacial score (nSPS) is 17.9. The number of fused-ring (bicyclic) bond motifs is 1. The van der Waals surface area contributed by atoms with E-state index < -0.39 is 21.7 Å². The van der Waals surface area contributed by atoms with Gasteiger partial charge in [0.1, 0.15) is 11.6 Å². The molecule has 1 heterocycles. The summed E-state index contributed by atoms with van der Waals surface area (Å²) in [5, 5.41) is 0. The van der Waals surface area contributed by atoms with Crippen LogP contribution in [-0.2, 0) is 16.4 Å². The molecular formula is C15H13F2NO2S. The molecule has 0 amide bonds. The van der Waals surface area contributed by atoms with Crippen molar-refractivity contribution in [2.24, 2.45) is 0 Å². The summed E-state index contributed by atoms with van der Waals surface area (Å²) in [6, 6.07) is 9.17. The number of sulfonamides is 1. The Hall–Kier alpha value is -1.95. The molecule has 1 aliphatic heterocycles. The molecule has 6 heteroatoms. The fraction of sp³-hybridized carbons (Fsp3) is 0.200. The van der Waals surface area contributed by atoms with Crippen molar-refractivity contribution in [3.05, 3.63) is 59.7 Å². The predicted octanol–water partition coefficient (Wildman–Crippen LogP) is 3.10. The lowest BCUT2D eigenvalue weighted by Gasteiger charge is -2.24. The van der Waals surface area contributed by atoms with Crippen LogP contribution in [0.1, 0.15) is 12.5 Å². The van der Waals surface area contributed by atoms with Gasteiger partial charge < -0.3 is 0 Å². The molecule has 3 rings (SSSR count). The van der Waals surface area contributed by atoms with Gasteiger partial charge in [-0.15, -0.1) is 0 Å². The van der Waals surface area contributed by atoms with E-state index in [-0.39, 0.29) is 10.9 Å². The third kappa shape index (κ3) is 2.29. The summed E-state index contributed by atoms with van der Waals surface area (Å²) in [7, 11) is -3.99. The molecule has 0 spiro atoms. The second kappa shape index (κ2) is 4.80. The molecule has 0 fully saturated rings. The van der Waals surface area contributed by atoms with E-state index in [4.69, 9.17) is 0 Å². The van der Waals surface area contributed by atoms with E-state index >= 15 is 0 Å². The van der Waals surface area contributed by atoms with Gasteiger partial charge in [-0.3, -0.25) is 4.31 Å². The molecule has 110 valence electrons. The molecule has 0 aliphatic carbocycles. The second-order valence-corrected chi connectivity index (χ2v) is 6.90. The van der Waals surface area contributed by atoms with E-state index in [1.165, 1.54) is 4.31 Å². The fourth-order valence-electron chi connectivity index (χ4n) is 2.69. The highest BCUT2D eigenvalue weighted by molar-refractivity contribution is 7.92. The molecule has 0 saturated heterocycles. The Morgan fingerprint density at radius 3 is 2.38 bits per heavy atom. The molecule has 21 heavy (non-hydrogen) atoms. The van der Waals surface area contributed by atoms with Crippen LogP contribution in [0, 0.1) is 11.6 Å². The average Bonchev–Trinajstić information content (AvgIpc) is 2.73. The molecule has 1 aliphatic rings. The lowest BCUT2D eigenvalue weighted by atomic mass is 10.1. The first-order chi connectivity index (χ1) is 9.89. The van der Waals surface area contributed by atoms with E-state index in [0.29, 0.717) is 18.2 Å². The minimum absolute atomic E-state index is 0.293. The van der Waals surface area contributed by atoms with Crippen molar-refractivity contribution in [3.8, 4) is 0 Å². The highest BCUT2D eigenvalue weighted by Gasteiger charge is 2.36. The molecular weight excluding hydrogens is 296 g/mol. The first kappa shape index (κ1) is 14.0. The summed E-state index contributed by atoms with van der Waals surface area (Å²) >= 11 is 0. The van der Waals surface area contributed by atoms with Crippen LogP contribution in [0.3, 0.4) is 0 Å². The molecule has 1 atom stereocenters. The number of benzene rings is 2. The number of hydrogen-bond donors (Lipinski definition) is 0. The molecule has 0 bridgehead atoms. The zero-order chi connectivity index (χ0) is 15.2. The Morgan fingerprint density at radius 1 is 1.10 bits per heavy atom. The smallest absolute Gasteiger partial charge is 0.263 e. The van der Waals surface area contributed by atoms with Gasteiger partial charge in [0.25, 0.3) is 10.0 Å². The minimum Gasteiger partial charge on any atom is -0.263 e. The van der Waals surface area contributed by atoms with Gasteiger partial charge in [0.15, 0.2) is 0 Å². The lowest BCUT2D eigenvalue weighted by Crippen LogP contribution is -2.35. The SMILES string of the molecule is CC1Cc2ccccc2N1S(=O)(=O)c1cc(F)cc(F)c1. The number of nitrogens with zero attached hydrogens (tertiary/aromatic N) is 1. The van der Waals surface area contributed by atoms with Crippen LogP contribution in [0.25, 0.3) is 0 Å². The van der Waals surface area contributed by atoms with Crippen LogP contribution < -0.4 is 4.31 Å². The van der Waals surface area contributed by atoms with Crippen molar-refractivity contribution in [2.75, 3.05) is 4.31 Å². The average molecular weight is 309 g/mol. The summed E-state index contributed by atoms with van der Waals surface area (Å²) in [4.78, 5) is -0.372. The van der Waals surface area contributed by atoms with E-state index in [2.05, 4.69) is 0 Å². The zero-order valence-corrected chi connectivity index (χ0v) is 12.1. The van der Waals surface area contributed by atoms with Gasteiger partial charge in [-0.2, -0.15) is 0 Å². The maximum Gasteiger partial charge on any atom is 0.264 e. The fourth-order valence-corrected chi connectivity index (χ4v) is 4.43. The van der Waals surface area contributed by atoms with Gasteiger partial charge >= 0.3 is 0 Å². The number of halogens is 2. The molecule has 0 N–H and O–H groups in total. The van der Waals surface area contributed by atoms with Gasteiger partial charge in [-0.05, 0) is 37.1 Å². The Labute approximate surface area is 121 Å². The van der Waals surface area contributed by atoms with E-state index in [0.717, 1.165) is 17.7 Å². The third-order valence-electron chi connectivity index (χ3n) is 3.54. The van der Waals surface area contributed by atoms with Crippen LogP contribution in [-0.4, -0.2) is 14.5 Å². The third-order valence-corrected chi connectivity index (χ3v) is 5.44. The van der Waals surface area contributed by atoms with Crippen molar-refractivity contribution in [2.45, 2.75) is 24.3 Å². The lowest BCUT2D eigenvalue weighted by molar-refractivity contribution is 0.563. The number of hydrogen-bond acceptors (Lipinski definition) is 2. The van der Waals surface area contributed by atoms with Crippen LogP contribution >= 0.6 is 0 Å². The molecule has 3 nitrogen and oxygen atoms in total. The number of para-hydroxylation sites is 1. The van der Waals surface area contributed by atoms with Crippen LogP contribution in [0.5, 0.6) is 0 Å². The monoisotopic (exact) mass is 309 g/mol. The van der Waals surface area contributed by atoms with Gasteiger partial charge in [0, 0.05) is 12.1 Å². The largest absolute Gasteiger partial charge is 0.264 e. The quantitative estimate of drug-likeness (QED) is 0.855. The van der Waals surface area contributed by atoms with Crippen molar-refractivity contribution in [1.29, 1.82) is 0 Å². The van der Waals surface area contributed by atoms with Crippen molar-refractivity contribution >= 4 is 15.7 Å². The van der Waals surface area contributed by atoms with E-state index in [9.17, 15) is 17.2 Å². The molecule has 0 saturated carbocycles. The van der Waals surface area contributed by atoms with Crippen LogP contribution in [0.4, 0.5) is 14.5 Å². The maximum atomic E-state index is 13.3. The first-order valence-corrected chi connectivity index (χ1v) is 7.92.